The second kappa shape index (κ2) is 3.17. The number of hydrogen-bond acceptors (Lipinski definition) is 3. The van der Waals surface area contributed by atoms with Crippen LogP contribution in [0.5, 0.6) is 0 Å². The zero-order valence-electron chi connectivity index (χ0n) is 8.21. The third-order valence-electron chi connectivity index (χ3n) is 2.37. The summed E-state index contributed by atoms with van der Waals surface area (Å²) in [7, 11) is 0. The molecule has 0 aliphatic carbocycles. The van der Waals surface area contributed by atoms with Crippen molar-refractivity contribution >= 4 is 17.0 Å². The van der Waals surface area contributed by atoms with Crippen LogP contribution in [0, 0.1) is 6.92 Å². The number of thiazole rings is 1. The number of nitrogens with zero attached hydrogens (tertiary/aromatic N) is 3. The molecule has 0 fully saturated rings. The standard InChI is InChI=1S/C11H9N3S/c1-8-3-2-4-14-5-9(13-11(8)14)10-6-15-7-12-10/h2-7H,1H3. The number of rotatable bonds is 1. The van der Waals surface area contributed by atoms with Gasteiger partial charge in [0.2, 0.25) is 0 Å². The second-order valence-corrected chi connectivity index (χ2v) is 4.14. The van der Waals surface area contributed by atoms with Crippen molar-refractivity contribution in [3.63, 3.8) is 0 Å². The summed E-state index contributed by atoms with van der Waals surface area (Å²) in [6, 6.07) is 4.09. The SMILES string of the molecule is Cc1cccn2cc(-c3cscn3)nc12. The molecule has 3 nitrogen and oxygen atoms in total. The minimum Gasteiger partial charge on any atom is -0.306 e. The van der Waals surface area contributed by atoms with Crippen LogP contribution in [0.3, 0.4) is 0 Å². The van der Waals surface area contributed by atoms with Gasteiger partial charge in [-0.1, -0.05) is 6.07 Å². The van der Waals surface area contributed by atoms with Gasteiger partial charge in [0.05, 0.1) is 5.51 Å². The topological polar surface area (TPSA) is 30.2 Å². The van der Waals surface area contributed by atoms with E-state index >= 15 is 0 Å². The number of pyridine rings is 1. The Morgan fingerprint density at radius 2 is 2.27 bits per heavy atom. The van der Waals surface area contributed by atoms with Gasteiger partial charge in [-0.05, 0) is 18.6 Å². The minimum atomic E-state index is 0.936. The summed E-state index contributed by atoms with van der Waals surface area (Å²) in [4.78, 5) is 8.82. The largest absolute Gasteiger partial charge is 0.306 e. The molecule has 74 valence electrons. The molecule has 0 saturated heterocycles. The van der Waals surface area contributed by atoms with E-state index in [0.29, 0.717) is 0 Å². The normalized spacial score (nSPS) is 11.0. The van der Waals surface area contributed by atoms with E-state index in [9.17, 15) is 0 Å². The Hall–Kier alpha value is -1.68. The molecule has 15 heavy (non-hydrogen) atoms. The molecule has 0 radical (unpaired) electrons. The Morgan fingerprint density at radius 1 is 1.33 bits per heavy atom. The predicted octanol–water partition coefficient (Wildman–Crippen LogP) is 2.77. The summed E-state index contributed by atoms with van der Waals surface area (Å²) in [5.74, 6) is 0. The average Bonchev–Trinajstić information content (AvgIpc) is 2.86. The summed E-state index contributed by atoms with van der Waals surface area (Å²) in [5, 5.41) is 2.01. The molecular weight excluding hydrogens is 206 g/mol. The number of fused-ring (bicyclic) bond motifs is 1. The van der Waals surface area contributed by atoms with Crippen LogP contribution in [0.2, 0.25) is 0 Å². The van der Waals surface area contributed by atoms with E-state index in [0.717, 1.165) is 17.0 Å². The zero-order valence-corrected chi connectivity index (χ0v) is 9.03. The first kappa shape index (κ1) is 8.61. The van der Waals surface area contributed by atoms with Gasteiger partial charge in [0.15, 0.2) is 0 Å². The van der Waals surface area contributed by atoms with Crippen LogP contribution < -0.4 is 0 Å². The maximum Gasteiger partial charge on any atom is 0.140 e. The van der Waals surface area contributed by atoms with Crippen molar-refractivity contribution in [2.24, 2.45) is 0 Å². The summed E-state index contributed by atoms with van der Waals surface area (Å²) in [5.41, 5.74) is 5.89. The Morgan fingerprint density at radius 3 is 3.00 bits per heavy atom. The molecule has 0 spiro atoms. The molecule has 0 bridgehead atoms. The maximum atomic E-state index is 4.56. The molecule has 0 aliphatic rings. The van der Waals surface area contributed by atoms with Crippen LogP contribution in [-0.2, 0) is 0 Å². The molecule has 3 aromatic rings. The van der Waals surface area contributed by atoms with E-state index in [1.807, 2.05) is 33.8 Å². The lowest BCUT2D eigenvalue weighted by Crippen LogP contribution is -1.83. The molecule has 3 heterocycles. The Kier molecular flexibility index (Phi) is 1.82. The summed E-state index contributed by atoms with van der Waals surface area (Å²) in [6.45, 7) is 2.06. The van der Waals surface area contributed by atoms with Gasteiger partial charge in [-0.25, -0.2) is 9.97 Å². The molecule has 3 aromatic heterocycles. The van der Waals surface area contributed by atoms with E-state index < -0.39 is 0 Å². The van der Waals surface area contributed by atoms with Crippen LogP contribution in [0.25, 0.3) is 17.0 Å². The van der Waals surface area contributed by atoms with Crippen LogP contribution >= 0.6 is 11.3 Å². The highest BCUT2D eigenvalue weighted by molar-refractivity contribution is 7.07. The first-order valence-electron chi connectivity index (χ1n) is 4.67. The van der Waals surface area contributed by atoms with Gasteiger partial charge in [0.1, 0.15) is 17.0 Å². The highest BCUT2D eigenvalue weighted by Crippen LogP contribution is 2.19. The van der Waals surface area contributed by atoms with E-state index in [1.165, 1.54) is 5.56 Å². The van der Waals surface area contributed by atoms with Gasteiger partial charge < -0.3 is 4.40 Å². The molecule has 0 saturated carbocycles. The quantitative estimate of drug-likeness (QED) is 0.624. The lowest BCUT2D eigenvalue weighted by molar-refractivity contribution is 1.16. The van der Waals surface area contributed by atoms with Gasteiger partial charge in [-0.3, -0.25) is 0 Å². The molecular formula is C11H9N3S. The van der Waals surface area contributed by atoms with Gasteiger partial charge in [-0.15, -0.1) is 11.3 Å². The van der Waals surface area contributed by atoms with Crippen LogP contribution in [-0.4, -0.2) is 14.4 Å². The fraction of sp³-hybridized carbons (Fsp3) is 0.0909. The lowest BCUT2D eigenvalue weighted by atomic mass is 10.3. The highest BCUT2D eigenvalue weighted by atomic mass is 32.1. The van der Waals surface area contributed by atoms with E-state index in [1.54, 1.807) is 11.3 Å². The third kappa shape index (κ3) is 1.34. The van der Waals surface area contributed by atoms with Crippen molar-refractivity contribution in [3.8, 4) is 11.4 Å². The number of imidazole rings is 1. The Balaban J connectivity index is 2.27. The van der Waals surface area contributed by atoms with Crippen LogP contribution in [0.15, 0.2) is 35.4 Å². The van der Waals surface area contributed by atoms with Crippen molar-refractivity contribution in [2.75, 3.05) is 0 Å². The lowest BCUT2D eigenvalue weighted by Gasteiger charge is -1.93. The zero-order chi connectivity index (χ0) is 10.3. The predicted molar refractivity (Wildman–Crippen MR) is 61.0 cm³/mol. The fourth-order valence-electron chi connectivity index (χ4n) is 1.62. The van der Waals surface area contributed by atoms with Crippen molar-refractivity contribution in [2.45, 2.75) is 6.92 Å². The van der Waals surface area contributed by atoms with Gasteiger partial charge >= 0.3 is 0 Å². The first-order chi connectivity index (χ1) is 7.34. The van der Waals surface area contributed by atoms with Gasteiger partial charge in [0.25, 0.3) is 0 Å². The van der Waals surface area contributed by atoms with E-state index in [4.69, 9.17) is 0 Å². The highest BCUT2D eigenvalue weighted by Gasteiger charge is 2.06. The fourth-order valence-corrected chi connectivity index (χ4v) is 2.16. The molecule has 0 amide bonds. The number of aromatic nitrogens is 3. The van der Waals surface area contributed by atoms with E-state index in [-0.39, 0.29) is 0 Å². The van der Waals surface area contributed by atoms with Crippen molar-refractivity contribution in [1.82, 2.24) is 14.4 Å². The smallest absolute Gasteiger partial charge is 0.140 e. The molecule has 0 N–H and O–H groups in total. The number of aryl methyl sites for hydroxylation is 1. The monoisotopic (exact) mass is 215 g/mol. The molecule has 4 heteroatoms. The summed E-state index contributed by atoms with van der Waals surface area (Å²) in [6.07, 6.45) is 4.02. The summed E-state index contributed by atoms with van der Waals surface area (Å²) >= 11 is 1.59. The molecule has 0 unspecified atom stereocenters. The second-order valence-electron chi connectivity index (χ2n) is 3.42. The Labute approximate surface area is 91.1 Å². The van der Waals surface area contributed by atoms with Crippen LogP contribution in [0.1, 0.15) is 5.56 Å². The van der Waals surface area contributed by atoms with Crippen LogP contribution in [0.4, 0.5) is 0 Å². The molecule has 3 rings (SSSR count). The van der Waals surface area contributed by atoms with Gasteiger partial charge in [0, 0.05) is 17.8 Å². The molecule has 0 atom stereocenters. The molecule has 0 aliphatic heterocycles. The summed E-state index contributed by atoms with van der Waals surface area (Å²) < 4.78 is 2.03. The number of hydrogen-bond donors (Lipinski definition) is 0. The molecule has 0 aromatic carbocycles. The van der Waals surface area contributed by atoms with E-state index in [2.05, 4.69) is 23.0 Å². The van der Waals surface area contributed by atoms with Gasteiger partial charge in [-0.2, -0.15) is 0 Å². The van der Waals surface area contributed by atoms with Crippen molar-refractivity contribution in [1.29, 1.82) is 0 Å². The minimum absolute atomic E-state index is 0.936. The third-order valence-corrected chi connectivity index (χ3v) is 2.96. The average molecular weight is 215 g/mol. The Bertz CT molecular complexity index is 595. The van der Waals surface area contributed by atoms with Crippen molar-refractivity contribution in [3.05, 3.63) is 41.0 Å². The maximum absolute atomic E-state index is 4.56. The van der Waals surface area contributed by atoms with Crippen molar-refractivity contribution < 1.29 is 0 Å². The first-order valence-corrected chi connectivity index (χ1v) is 5.62.